The van der Waals surface area contributed by atoms with Crippen LogP contribution in [0.25, 0.3) is 18.2 Å². The van der Waals surface area contributed by atoms with Crippen molar-refractivity contribution in [1.82, 2.24) is 0 Å². The fraction of sp³-hybridized carbons (Fsp3) is 0.148. The zero-order valence-electron chi connectivity index (χ0n) is 16.5. The molecular formula is C27H21NOS. The maximum absolute atomic E-state index is 13.0. The van der Waals surface area contributed by atoms with Crippen molar-refractivity contribution in [2.45, 2.75) is 30.1 Å². The number of rotatable bonds is 1. The summed E-state index contributed by atoms with van der Waals surface area (Å²) in [6.07, 6.45) is 11.8. The second-order valence-corrected chi connectivity index (χ2v) is 9.18. The first-order valence-electron chi connectivity index (χ1n) is 10.5. The lowest BCUT2D eigenvalue weighted by Crippen LogP contribution is -2.27. The van der Waals surface area contributed by atoms with Crippen molar-refractivity contribution >= 4 is 35.3 Å². The molecule has 2 nitrogen and oxygen atoms in total. The Balaban J connectivity index is 1.57. The van der Waals surface area contributed by atoms with Gasteiger partial charge in [-0.2, -0.15) is 0 Å². The smallest absolute Gasteiger partial charge is 0.189 e. The molecule has 2 aliphatic carbocycles. The quantitative estimate of drug-likeness (QED) is 0.558. The number of nitrogens with zero attached hydrogens (tertiary/aromatic N) is 1. The molecule has 0 spiro atoms. The van der Waals surface area contributed by atoms with Gasteiger partial charge in [-0.1, -0.05) is 65.1 Å². The molecule has 1 heterocycles. The van der Waals surface area contributed by atoms with Gasteiger partial charge in [-0.25, -0.2) is 0 Å². The number of hydrogen-bond acceptors (Lipinski definition) is 2. The van der Waals surface area contributed by atoms with Gasteiger partial charge in [0.2, 0.25) is 0 Å². The molecule has 1 aliphatic heterocycles. The predicted octanol–water partition coefficient (Wildman–Crippen LogP) is 4.16. The van der Waals surface area contributed by atoms with E-state index in [0.717, 1.165) is 35.4 Å². The third-order valence-corrected chi connectivity index (χ3v) is 7.55. The molecule has 3 heteroatoms. The van der Waals surface area contributed by atoms with Gasteiger partial charge in [-0.15, -0.1) is 0 Å². The van der Waals surface area contributed by atoms with Crippen molar-refractivity contribution < 1.29 is 4.55 Å². The summed E-state index contributed by atoms with van der Waals surface area (Å²) in [4.78, 5) is 0.795. The summed E-state index contributed by atoms with van der Waals surface area (Å²) in [7, 11) is 0. The van der Waals surface area contributed by atoms with Gasteiger partial charge in [0.25, 0.3) is 0 Å². The van der Waals surface area contributed by atoms with Gasteiger partial charge in [-0.3, -0.25) is 0 Å². The monoisotopic (exact) mass is 407 g/mol. The zero-order chi connectivity index (χ0) is 20.1. The maximum atomic E-state index is 13.0. The Hall–Kier alpha value is -2.88. The highest BCUT2D eigenvalue weighted by atomic mass is 32.2. The summed E-state index contributed by atoms with van der Waals surface area (Å²) in [6, 6.07) is 21.0. The minimum absolute atomic E-state index is 0.174. The lowest BCUT2D eigenvalue weighted by molar-refractivity contribution is 0.596. The third-order valence-electron chi connectivity index (χ3n) is 6.42. The van der Waals surface area contributed by atoms with E-state index in [0.29, 0.717) is 0 Å². The van der Waals surface area contributed by atoms with Crippen LogP contribution >= 0.6 is 0 Å². The van der Waals surface area contributed by atoms with Crippen molar-refractivity contribution in [3.05, 3.63) is 104 Å². The van der Waals surface area contributed by atoms with Gasteiger partial charge in [0.1, 0.15) is 11.4 Å². The van der Waals surface area contributed by atoms with E-state index in [1.165, 1.54) is 32.0 Å². The molecule has 2 atom stereocenters. The van der Waals surface area contributed by atoms with Crippen LogP contribution in [0.2, 0.25) is 0 Å². The Morgan fingerprint density at radius 3 is 2.67 bits per heavy atom. The summed E-state index contributed by atoms with van der Waals surface area (Å²) < 4.78 is 17.7. The second kappa shape index (κ2) is 7.12. The van der Waals surface area contributed by atoms with E-state index in [1.54, 1.807) is 0 Å². The van der Waals surface area contributed by atoms with Crippen LogP contribution in [0, 0.1) is 10.4 Å². The highest BCUT2D eigenvalue weighted by Crippen LogP contribution is 2.32. The van der Waals surface area contributed by atoms with Crippen molar-refractivity contribution in [2.24, 2.45) is 4.40 Å². The van der Waals surface area contributed by atoms with Gasteiger partial charge in [0.05, 0.1) is 5.71 Å². The molecule has 0 saturated carbocycles. The standard InChI is InChI=1S/C27H21NOS/c29-30-26-11-4-2-7-19(26)14-17-25(28-30)24-10-5-8-20-13-15-22-21-9-3-1-6-18(21)12-16-23(22)27(20)24/h1-4,6-9,11-15,17,24H,5,10,16H2. The molecule has 0 fully saturated rings. The molecule has 146 valence electrons. The number of allylic oxidation sites excluding steroid dienone is 1. The van der Waals surface area contributed by atoms with Crippen LogP contribution in [0.1, 0.15) is 35.4 Å². The molecule has 6 rings (SSSR count). The fourth-order valence-electron chi connectivity index (χ4n) is 5.03. The van der Waals surface area contributed by atoms with Crippen LogP contribution in [-0.2, 0) is 17.8 Å². The lowest BCUT2D eigenvalue weighted by Gasteiger charge is -2.25. The molecule has 0 saturated heterocycles. The Kier molecular flexibility index (Phi) is 4.26. The van der Waals surface area contributed by atoms with Gasteiger partial charge in [0, 0.05) is 11.5 Å². The lowest BCUT2D eigenvalue weighted by atomic mass is 9.79. The molecule has 2 unspecified atom stereocenters. The summed E-state index contributed by atoms with van der Waals surface area (Å²) in [5, 5.41) is 5.25. The highest BCUT2D eigenvalue weighted by molar-refractivity contribution is 7.90. The van der Waals surface area contributed by atoms with Crippen molar-refractivity contribution in [3.8, 4) is 0 Å². The van der Waals surface area contributed by atoms with Crippen LogP contribution in [0.5, 0.6) is 0 Å². The predicted molar refractivity (Wildman–Crippen MR) is 124 cm³/mol. The molecular weight excluding hydrogens is 386 g/mol. The Bertz CT molecular complexity index is 1450. The second-order valence-electron chi connectivity index (χ2n) is 8.06. The van der Waals surface area contributed by atoms with Gasteiger partial charge in [-0.05, 0) is 75.5 Å². The molecule has 0 amide bonds. The molecule has 3 aliphatic rings. The summed E-state index contributed by atoms with van der Waals surface area (Å²) in [5.41, 5.74) is 4.70. The van der Waals surface area contributed by atoms with E-state index in [9.17, 15) is 4.55 Å². The highest BCUT2D eigenvalue weighted by Gasteiger charge is 2.28. The number of fused-ring (bicyclic) bond motifs is 5. The van der Waals surface area contributed by atoms with Crippen LogP contribution < -0.4 is 10.4 Å². The van der Waals surface area contributed by atoms with Crippen molar-refractivity contribution in [1.29, 1.82) is 0 Å². The third kappa shape index (κ3) is 2.81. The molecule has 0 aromatic heterocycles. The molecule has 0 radical (unpaired) electrons. The number of hydrogen-bond donors (Lipinski definition) is 0. The maximum Gasteiger partial charge on any atom is 0.189 e. The summed E-state index contributed by atoms with van der Waals surface area (Å²) in [5.74, 6) is 0.174. The number of benzene rings is 3. The van der Waals surface area contributed by atoms with E-state index in [4.69, 9.17) is 4.40 Å². The first-order chi connectivity index (χ1) is 14.8. The molecule has 30 heavy (non-hydrogen) atoms. The van der Waals surface area contributed by atoms with Crippen LogP contribution in [0.4, 0.5) is 0 Å². The molecule has 3 aromatic rings. The van der Waals surface area contributed by atoms with Gasteiger partial charge >= 0.3 is 0 Å². The molecule has 3 aromatic carbocycles. The molecule has 0 N–H and O–H groups in total. The average Bonchev–Trinajstić information content (AvgIpc) is 2.97. The fourth-order valence-corrected chi connectivity index (χ4v) is 6.04. The van der Waals surface area contributed by atoms with E-state index in [-0.39, 0.29) is 5.92 Å². The first kappa shape index (κ1) is 17.9. The normalized spacial score (nSPS) is 21.0. The van der Waals surface area contributed by atoms with Gasteiger partial charge < -0.3 is 4.55 Å². The SMILES string of the molecule is [O-][S+]1N=C(C2CCC=c3ccc4c(c32)CC=c2ccccc2=4)C=Cc2ccccc21. The summed E-state index contributed by atoms with van der Waals surface area (Å²) >= 11 is -1.37. The first-order valence-corrected chi connectivity index (χ1v) is 11.6. The van der Waals surface area contributed by atoms with E-state index >= 15 is 0 Å². The zero-order valence-corrected chi connectivity index (χ0v) is 17.4. The van der Waals surface area contributed by atoms with Crippen LogP contribution in [0.15, 0.2) is 76.0 Å². The van der Waals surface area contributed by atoms with E-state index in [1.807, 2.05) is 24.3 Å². The largest absolute Gasteiger partial charge is 0.586 e. The topological polar surface area (TPSA) is 35.4 Å². The van der Waals surface area contributed by atoms with Gasteiger partial charge in [0.15, 0.2) is 4.90 Å². The van der Waals surface area contributed by atoms with E-state index in [2.05, 4.69) is 60.7 Å². The minimum atomic E-state index is -1.37. The minimum Gasteiger partial charge on any atom is -0.586 e. The van der Waals surface area contributed by atoms with Crippen LogP contribution in [-0.4, -0.2) is 10.3 Å². The Morgan fingerprint density at radius 1 is 0.833 bits per heavy atom. The van der Waals surface area contributed by atoms with E-state index < -0.39 is 11.4 Å². The average molecular weight is 408 g/mol. The van der Waals surface area contributed by atoms with Crippen LogP contribution in [0.3, 0.4) is 0 Å². The molecule has 0 bridgehead atoms. The Morgan fingerprint density at radius 2 is 1.70 bits per heavy atom. The van der Waals surface area contributed by atoms with Crippen molar-refractivity contribution in [3.63, 3.8) is 0 Å². The van der Waals surface area contributed by atoms with Crippen molar-refractivity contribution in [2.75, 3.05) is 0 Å². The summed E-state index contributed by atoms with van der Waals surface area (Å²) in [6.45, 7) is 0. The Labute approximate surface area is 178 Å².